The molecule has 0 radical (unpaired) electrons. The Bertz CT molecular complexity index is 1300. The van der Waals surface area contributed by atoms with E-state index in [-0.39, 0.29) is 29.4 Å². The van der Waals surface area contributed by atoms with E-state index in [0.29, 0.717) is 17.7 Å². The molecule has 0 amide bonds. The molecule has 0 atom stereocenters. The van der Waals surface area contributed by atoms with Gasteiger partial charge in [-0.3, -0.25) is 0 Å². The molecule has 3 aromatic rings. The molecule has 1 aromatic heterocycles. The minimum atomic E-state index is -4.79. The average Bonchev–Trinajstić information content (AvgIpc) is 2.78. The van der Waals surface area contributed by atoms with Crippen LogP contribution in [0.2, 0.25) is 0 Å². The maximum absolute atomic E-state index is 12.4. The Labute approximate surface area is 201 Å². The van der Waals surface area contributed by atoms with Crippen LogP contribution >= 0.6 is 0 Å². The fourth-order valence-corrected chi connectivity index (χ4v) is 3.34. The van der Waals surface area contributed by atoms with Crippen LogP contribution in [0, 0.1) is 0 Å². The highest BCUT2D eigenvalue weighted by molar-refractivity contribution is 7.90. The Balaban J connectivity index is 0.000000255. The van der Waals surface area contributed by atoms with Crippen molar-refractivity contribution in [1.82, 2.24) is 15.3 Å². The third-order valence-electron chi connectivity index (χ3n) is 4.40. The van der Waals surface area contributed by atoms with Crippen LogP contribution in [0.15, 0.2) is 59.9 Å². The topological polar surface area (TPSA) is 109 Å². The quantitative estimate of drug-likeness (QED) is 0.361. The first kappa shape index (κ1) is 28.7. The summed E-state index contributed by atoms with van der Waals surface area (Å²) in [4.78, 5) is 18.6. The summed E-state index contributed by atoms with van der Waals surface area (Å²) in [7, 11) is -2.15. The Morgan fingerprint density at radius 2 is 1.50 bits per heavy atom. The van der Waals surface area contributed by atoms with Crippen molar-refractivity contribution in [3.63, 3.8) is 0 Å². The van der Waals surface area contributed by atoms with Crippen LogP contribution in [0.3, 0.4) is 0 Å². The van der Waals surface area contributed by atoms with Crippen LogP contribution < -0.4 is 5.32 Å². The Hall–Kier alpha value is -3.52. The van der Waals surface area contributed by atoms with Gasteiger partial charge < -0.3 is 10.4 Å². The second kappa shape index (κ2) is 11.0. The summed E-state index contributed by atoms with van der Waals surface area (Å²) in [5.74, 6) is -1.21. The van der Waals surface area contributed by atoms with E-state index in [2.05, 4.69) is 15.3 Å². The number of nitrogens with one attached hydrogen (secondary N) is 1. The number of nitrogens with zero attached hydrogens (tertiary/aromatic N) is 2. The van der Waals surface area contributed by atoms with Gasteiger partial charge in [0.05, 0.1) is 16.8 Å². The molecule has 0 spiro atoms. The lowest BCUT2D eigenvalue weighted by Crippen LogP contribution is -2.14. The first-order valence-electron chi connectivity index (χ1n) is 9.82. The molecule has 3 rings (SSSR count). The maximum atomic E-state index is 12.4. The van der Waals surface area contributed by atoms with E-state index in [0.717, 1.165) is 12.5 Å². The second-order valence-corrected chi connectivity index (χ2v) is 9.21. The number of benzene rings is 2. The fraction of sp³-hybridized carbons (Fsp3) is 0.227. The minimum Gasteiger partial charge on any atom is -0.478 e. The van der Waals surface area contributed by atoms with Gasteiger partial charge in [-0.05, 0) is 30.8 Å². The van der Waals surface area contributed by atoms with E-state index in [4.69, 9.17) is 5.11 Å². The molecule has 0 aliphatic rings. The van der Waals surface area contributed by atoms with Crippen LogP contribution in [0.25, 0.3) is 11.3 Å². The van der Waals surface area contributed by atoms with Crippen molar-refractivity contribution >= 4 is 15.8 Å². The van der Waals surface area contributed by atoms with E-state index in [1.807, 2.05) is 0 Å². The zero-order chi connectivity index (χ0) is 27.3. The summed E-state index contributed by atoms with van der Waals surface area (Å²) in [5.41, 5.74) is -2.18. The van der Waals surface area contributed by atoms with Gasteiger partial charge in [-0.15, -0.1) is 0 Å². The van der Waals surface area contributed by atoms with Gasteiger partial charge >= 0.3 is 18.3 Å². The summed E-state index contributed by atoms with van der Waals surface area (Å²) < 4.78 is 97.2. The molecule has 0 fully saturated rings. The predicted octanol–water partition coefficient (Wildman–Crippen LogP) is 4.69. The Kier molecular flexibility index (Phi) is 8.80. The zero-order valence-corrected chi connectivity index (χ0v) is 19.5. The number of aromatic carboxylic acids is 1. The minimum absolute atomic E-state index is 0.0605. The molecule has 7 nitrogen and oxygen atoms in total. The number of alkyl halides is 6. The van der Waals surface area contributed by atoms with Crippen LogP contribution in [-0.2, 0) is 28.7 Å². The first-order chi connectivity index (χ1) is 16.5. The molecule has 0 saturated heterocycles. The van der Waals surface area contributed by atoms with Crippen LogP contribution in [-0.4, -0.2) is 42.8 Å². The van der Waals surface area contributed by atoms with Gasteiger partial charge in [0.15, 0.2) is 0 Å². The molecule has 0 unspecified atom stereocenters. The molecule has 36 heavy (non-hydrogen) atoms. The van der Waals surface area contributed by atoms with Crippen LogP contribution in [0.4, 0.5) is 26.3 Å². The van der Waals surface area contributed by atoms with Crippen LogP contribution in [0.1, 0.15) is 27.0 Å². The largest absolute Gasteiger partial charge is 0.478 e. The molecule has 2 N–H and O–H groups in total. The van der Waals surface area contributed by atoms with Crippen molar-refractivity contribution in [2.45, 2.75) is 24.1 Å². The molecule has 0 aliphatic carbocycles. The number of hydrogen-bond acceptors (Lipinski definition) is 6. The van der Waals surface area contributed by atoms with E-state index >= 15 is 0 Å². The number of carboxylic acids is 1. The van der Waals surface area contributed by atoms with E-state index in [1.54, 1.807) is 30.3 Å². The number of halogens is 6. The van der Waals surface area contributed by atoms with Gasteiger partial charge in [0, 0.05) is 24.6 Å². The third-order valence-corrected chi connectivity index (χ3v) is 5.26. The van der Waals surface area contributed by atoms with Gasteiger partial charge in [-0.1, -0.05) is 30.3 Å². The van der Waals surface area contributed by atoms with Crippen LogP contribution in [0.5, 0.6) is 0 Å². The number of rotatable bonds is 5. The summed E-state index contributed by atoms with van der Waals surface area (Å²) in [6.07, 6.45) is -7.60. The molecule has 0 bridgehead atoms. The number of hydrogen-bond donors (Lipinski definition) is 2. The fourth-order valence-electron chi connectivity index (χ4n) is 2.84. The molecule has 14 heteroatoms. The smallest absolute Gasteiger partial charge is 0.416 e. The number of carboxylic acid groups (broad SMARTS) is 1. The average molecular weight is 535 g/mol. The standard InChI is InChI=1S/C12H10N2O4S.C10H9F6N/c1-19(17,18)12-13-7-9(11(15)16)10(14-12)8-5-3-2-4-6-8;1-17-5-6-2-7(9(11,12)13)4-8(3-6)10(14,15)16/h2-7H,1H3,(H,15,16);2-4,17H,5H2,1H3. The SMILES string of the molecule is CNCc1cc(C(F)(F)F)cc(C(F)(F)F)c1.CS(=O)(=O)c1ncc(C(=O)O)c(-c2ccccc2)n1. The van der Waals surface area contributed by atoms with Crippen molar-refractivity contribution in [2.24, 2.45) is 0 Å². The van der Waals surface area contributed by atoms with Gasteiger partial charge in [0.25, 0.3) is 0 Å². The highest BCUT2D eigenvalue weighted by atomic mass is 32.2. The number of carbonyl (C=O) groups is 1. The molecule has 2 aromatic carbocycles. The molecule has 0 aliphatic heterocycles. The molecular weight excluding hydrogens is 516 g/mol. The normalized spacial score (nSPS) is 12.0. The molecule has 0 saturated carbocycles. The van der Waals surface area contributed by atoms with Gasteiger partial charge in [0.1, 0.15) is 5.56 Å². The number of sulfone groups is 1. The number of aromatic nitrogens is 2. The second-order valence-electron chi connectivity index (χ2n) is 7.30. The van der Waals surface area contributed by atoms with Crippen molar-refractivity contribution < 1.29 is 44.7 Å². The first-order valence-corrected chi connectivity index (χ1v) is 11.7. The highest BCUT2D eigenvalue weighted by Gasteiger charge is 2.36. The Morgan fingerprint density at radius 3 is 1.92 bits per heavy atom. The lowest BCUT2D eigenvalue weighted by Gasteiger charge is -2.13. The lowest BCUT2D eigenvalue weighted by molar-refractivity contribution is -0.143. The van der Waals surface area contributed by atoms with Gasteiger partial charge in [-0.2, -0.15) is 26.3 Å². The molecular formula is C22H19F6N3O4S. The Morgan fingerprint density at radius 1 is 0.972 bits per heavy atom. The van der Waals surface area contributed by atoms with Gasteiger partial charge in [-0.25, -0.2) is 23.2 Å². The summed E-state index contributed by atoms with van der Waals surface area (Å²) >= 11 is 0. The monoisotopic (exact) mass is 535 g/mol. The van der Waals surface area contributed by atoms with Crippen molar-refractivity contribution in [3.8, 4) is 11.3 Å². The maximum Gasteiger partial charge on any atom is 0.416 e. The van der Waals surface area contributed by atoms with Crippen molar-refractivity contribution in [3.05, 3.63) is 77.0 Å². The predicted molar refractivity (Wildman–Crippen MR) is 117 cm³/mol. The van der Waals surface area contributed by atoms with Gasteiger partial charge in [0.2, 0.25) is 15.0 Å². The van der Waals surface area contributed by atoms with E-state index < -0.39 is 44.4 Å². The van der Waals surface area contributed by atoms with Crippen molar-refractivity contribution in [2.75, 3.05) is 13.3 Å². The van der Waals surface area contributed by atoms with Crippen molar-refractivity contribution in [1.29, 1.82) is 0 Å². The summed E-state index contributed by atoms with van der Waals surface area (Å²) in [6, 6.07) is 10.0. The lowest BCUT2D eigenvalue weighted by atomic mass is 10.0. The third kappa shape index (κ3) is 7.75. The molecule has 194 valence electrons. The summed E-state index contributed by atoms with van der Waals surface area (Å²) in [6.45, 7) is -0.0625. The van der Waals surface area contributed by atoms with E-state index in [9.17, 15) is 39.6 Å². The van der Waals surface area contributed by atoms with E-state index in [1.165, 1.54) is 7.05 Å². The zero-order valence-electron chi connectivity index (χ0n) is 18.6. The highest BCUT2D eigenvalue weighted by Crippen LogP contribution is 2.36. The molecule has 1 heterocycles. The summed E-state index contributed by atoms with van der Waals surface area (Å²) in [5, 5.41) is 11.2.